The Balaban J connectivity index is 2.03. The lowest BCUT2D eigenvalue weighted by Crippen LogP contribution is -2.26. The van der Waals surface area contributed by atoms with Crippen molar-refractivity contribution in [2.45, 2.75) is 26.3 Å². The molecule has 1 aromatic rings. The van der Waals surface area contributed by atoms with Crippen LogP contribution >= 0.6 is 0 Å². The van der Waals surface area contributed by atoms with Crippen molar-refractivity contribution in [2.24, 2.45) is 5.92 Å². The number of nitrogens with one attached hydrogen (secondary N) is 2. The fourth-order valence-corrected chi connectivity index (χ4v) is 1.84. The van der Waals surface area contributed by atoms with Crippen LogP contribution < -0.4 is 10.6 Å². The topological polar surface area (TPSA) is 76.0 Å². The molecule has 1 atom stereocenters. The molecule has 0 spiro atoms. The maximum absolute atomic E-state index is 11.9. The third-order valence-corrected chi connectivity index (χ3v) is 2.76. The van der Waals surface area contributed by atoms with E-state index in [1.807, 2.05) is 13.8 Å². The van der Waals surface area contributed by atoms with Crippen molar-refractivity contribution in [3.8, 4) is 0 Å². The monoisotopic (exact) mass is 236 g/mol. The second kappa shape index (κ2) is 4.57. The van der Waals surface area contributed by atoms with Gasteiger partial charge in [0.25, 0.3) is 0 Å². The molecule has 1 saturated heterocycles. The molecule has 2 heterocycles. The number of rotatable bonds is 3. The zero-order valence-electron chi connectivity index (χ0n) is 9.93. The quantitative estimate of drug-likeness (QED) is 0.804. The zero-order chi connectivity index (χ0) is 12.4. The summed E-state index contributed by atoms with van der Waals surface area (Å²) in [5.41, 5.74) is 0. The fourth-order valence-electron chi connectivity index (χ4n) is 1.84. The average molecular weight is 236 g/mol. The number of hydrogen-bond donors (Lipinski definition) is 2. The van der Waals surface area contributed by atoms with E-state index < -0.39 is 0 Å². The minimum absolute atomic E-state index is 0.0671. The van der Waals surface area contributed by atoms with Crippen LogP contribution in [-0.4, -0.2) is 28.1 Å². The molecule has 2 amide bonds. The van der Waals surface area contributed by atoms with E-state index in [4.69, 9.17) is 0 Å². The van der Waals surface area contributed by atoms with E-state index in [0.717, 1.165) is 0 Å². The van der Waals surface area contributed by atoms with Gasteiger partial charge >= 0.3 is 0 Å². The third-order valence-electron chi connectivity index (χ3n) is 2.76. The van der Waals surface area contributed by atoms with Gasteiger partial charge < -0.3 is 10.6 Å². The summed E-state index contributed by atoms with van der Waals surface area (Å²) in [5.74, 6) is 0.190. The van der Waals surface area contributed by atoms with Crippen molar-refractivity contribution < 1.29 is 9.59 Å². The van der Waals surface area contributed by atoms with Crippen LogP contribution in [0.4, 0.5) is 5.82 Å². The molecule has 92 valence electrons. The molecule has 0 radical (unpaired) electrons. The highest BCUT2D eigenvalue weighted by molar-refractivity contribution is 5.96. The van der Waals surface area contributed by atoms with Crippen LogP contribution in [0.25, 0.3) is 0 Å². The van der Waals surface area contributed by atoms with Crippen LogP contribution in [0.2, 0.25) is 0 Å². The second-order valence-electron chi connectivity index (χ2n) is 4.45. The smallest absolute Gasteiger partial charge is 0.230 e. The number of carbonyl (C=O) groups is 2. The number of nitrogens with zero attached hydrogens (tertiary/aromatic N) is 2. The highest BCUT2D eigenvalue weighted by Gasteiger charge is 2.28. The van der Waals surface area contributed by atoms with E-state index in [2.05, 4.69) is 15.7 Å². The molecule has 0 saturated carbocycles. The molecule has 0 bridgehead atoms. The molecule has 17 heavy (non-hydrogen) atoms. The molecular formula is C11H16N4O2. The molecule has 1 aliphatic rings. The Morgan fingerprint density at radius 1 is 1.65 bits per heavy atom. The van der Waals surface area contributed by atoms with Crippen molar-refractivity contribution in [2.75, 3.05) is 11.9 Å². The van der Waals surface area contributed by atoms with Crippen LogP contribution in [-0.2, 0) is 9.59 Å². The van der Waals surface area contributed by atoms with Gasteiger partial charge in [0.15, 0.2) is 0 Å². The Morgan fingerprint density at radius 3 is 3.00 bits per heavy atom. The van der Waals surface area contributed by atoms with E-state index in [0.29, 0.717) is 12.4 Å². The van der Waals surface area contributed by atoms with Gasteiger partial charge in [0.1, 0.15) is 5.82 Å². The summed E-state index contributed by atoms with van der Waals surface area (Å²) >= 11 is 0. The Labute approximate surface area is 99.4 Å². The van der Waals surface area contributed by atoms with E-state index in [9.17, 15) is 9.59 Å². The van der Waals surface area contributed by atoms with Crippen LogP contribution in [0.3, 0.4) is 0 Å². The van der Waals surface area contributed by atoms with Crippen molar-refractivity contribution in [1.82, 2.24) is 15.1 Å². The number of anilines is 1. The normalized spacial score (nSPS) is 19.5. The highest BCUT2D eigenvalue weighted by Crippen LogP contribution is 2.16. The van der Waals surface area contributed by atoms with Crippen LogP contribution in [0.5, 0.6) is 0 Å². The minimum atomic E-state index is -0.280. The Morgan fingerprint density at radius 2 is 2.41 bits per heavy atom. The van der Waals surface area contributed by atoms with Gasteiger partial charge in [-0.1, -0.05) is 0 Å². The third kappa shape index (κ3) is 2.46. The lowest BCUT2D eigenvalue weighted by Gasteiger charge is -2.13. The maximum Gasteiger partial charge on any atom is 0.230 e. The van der Waals surface area contributed by atoms with Crippen molar-refractivity contribution >= 4 is 17.6 Å². The van der Waals surface area contributed by atoms with Gasteiger partial charge in [-0.2, -0.15) is 5.10 Å². The molecular weight excluding hydrogens is 220 g/mol. The molecule has 6 heteroatoms. The first-order chi connectivity index (χ1) is 8.08. The van der Waals surface area contributed by atoms with Crippen LogP contribution in [0.1, 0.15) is 26.3 Å². The molecule has 1 fully saturated rings. The van der Waals surface area contributed by atoms with E-state index >= 15 is 0 Å². The predicted octanol–water partition coefficient (Wildman–Crippen LogP) is 0.539. The minimum Gasteiger partial charge on any atom is -0.355 e. The average Bonchev–Trinajstić information content (AvgIpc) is 2.86. The Bertz CT molecular complexity index is 438. The second-order valence-corrected chi connectivity index (χ2v) is 4.45. The van der Waals surface area contributed by atoms with E-state index in [1.165, 1.54) is 0 Å². The summed E-state index contributed by atoms with van der Waals surface area (Å²) in [5, 5.41) is 9.58. The van der Waals surface area contributed by atoms with E-state index in [1.54, 1.807) is 16.9 Å². The summed E-state index contributed by atoms with van der Waals surface area (Å²) < 4.78 is 1.74. The molecule has 2 N–H and O–H groups in total. The standard InChI is InChI=1S/C11H16N4O2/c1-7(2)15-9(3-4-13-15)14-11(17)8-5-10(16)12-6-8/h3-4,7-8H,5-6H2,1-2H3,(H,12,16)(H,14,17). The zero-order valence-corrected chi connectivity index (χ0v) is 9.93. The number of amides is 2. The first-order valence-electron chi connectivity index (χ1n) is 5.69. The van der Waals surface area contributed by atoms with Gasteiger partial charge in [-0.05, 0) is 13.8 Å². The molecule has 1 aromatic heterocycles. The SMILES string of the molecule is CC(C)n1nccc1NC(=O)C1CNC(=O)C1. The molecule has 1 aliphatic heterocycles. The van der Waals surface area contributed by atoms with Crippen molar-refractivity contribution in [3.63, 3.8) is 0 Å². The fraction of sp³-hybridized carbons (Fsp3) is 0.545. The molecule has 2 rings (SSSR count). The molecule has 0 aliphatic carbocycles. The molecule has 1 unspecified atom stereocenters. The van der Waals surface area contributed by atoms with Crippen LogP contribution in [0, 0.1) is 5.92 Å². The summed E-state index contributed by atoms with van der Waals surface area (Å²) in [6.45, 7) is 4.40. The van der Waals surface area contributed by atoms with Gasteiger partial charge in [0.2, 0.25) is 11.8 Å². The molecule has 6 nitrogen and oxygen atoms in total. The van der Waals surface area contributed by atoms with Crippen LogP contribution in [0.15, 0.2) is 12.3 Å². The summed E-state index contributed by atoms with van der Waals surface area (Å²) in [4.78, 5) is 22.9. The van der Waals surface area contributed by atoms with Gasteiger partial charge in [0, 0.05) is 25.1 Å². The number of hydrogen-bond acceptors (Lipinski definition) is 3. The lowest BCUT2D eigenvalue weighted by atomic mass is 10.1. The maximum atomic E-state index is 11.9. The predicted molar refractivity (Wildman–Crippen MR) is 62.4 cm³/mol. The van der Waals surface area contributed by atoms with Gasteiger partial charge in [-0.15, -0.1) is 0 Å². The Hall–Kier alpha value is -1.85. The van der Waals surface area contributed by atoms with Crippen molar-refractivity contribution in [3.05, 3.63) is 12.3 Å². The summed E-state index contributed by atoms with van der Waals surface area (Å²) in [7, 11) is 0. The highest BCUT2D eigenvalue weighted by atomic mass is 16.2. The summed E-state index contributed by atoms with van der Waals surface area (Å²) in [6, 6.07) is 1.94. The first kappa shape index (κ1) is 11.6. The lowest BCUT2D eigenvalue weighted by molar-refractivity contribution is -0.123. The van der Waals surface area contributed by atoms with Gasteiger partial charge in [0.05, 0.1) is 12.1 Å². The van der Waals surface area contributed by atoms with Gasteiger partial charge in [-0.3, -0.25) is 9.59 Å². The van der Waals surface area contributed by atoms with Gasteiger partial charge in [-0.25, -0.2) is 4.68 Å². The van der Waals surface area contributed by atoms with E-state index in [-0.39, 0.29) is 30.2 Å². The summed E-state index contributed by atoms with van der Waals surface area (Å²) in [6.07, 6.45) is 1.91. The van der Waals surface area contributed by atoms with Crippen molar-refractivity contribution in [1.29, 1.82) is 0 Å². The molecule has 0 aromatic carbocycles. The largest absolute Gasteiger partial charge is 0.355 e. The Kier molecular flexibility index (Phi) is 3.12. The first-order valence-corrected chi connectivity index (χ1v) is 5.69. The number of aromatic nitrogens is 2. The number of carbonyl (C=O) groups excluding carboxylic acids is 2.